The molecule has 5 nitrogen and oxygen atoms in total. The summed E-state index contributed by atoms with van der Waals surface area (Å²) in [5, 5.41) is 6.47. The van der Waals surface area contributed by atoms with E-state index in [1.807, 2.05) is 18.2 Å². The Balaban J connectivity index is 0.00000264. The van der Waals surface area contributed by atoms with Crippen LogP contribution in [-0.4, -0.2) is 45.4 Å². The Morgan fingerprint density at radius 2 is 2.22 bits per heavy atom. The van der Waals surface area contributed by atoms with E-state index < -0.39 is 0 Å². The molecule has 2 atom stereocenters. The van der Waals surface area contributed by atoms with E-state index in [2.05, 4.69) is 17.6 Å². The Morgan fingerprint density at radius 1 is 1.39 bits per heavy atom. The number of nitrogens with one attached hydrogen (secondary N) is 2. The van der Waals surface area contributed by atoms with Gasteiger partial charge in [-0.05, 0) is 43.6 Å². The molecule has 2 rings (SSSR count). The number of hydrogen-bond acceptors (Lipinski definition) is 4. The number of halogens is 1. The van der Waals surface area contributed by atoms with Crippen molar-refractivity contribution in [2.24, 2.45) is 5.92 Å². The van der Waals surface area contributed by atoms with Gasteiger partial charge in [-0.3, -0.25) is 4.79 Å². The molecule has 1 aliphatic rings. The van der Waals surface area contributed by atoms with Crippen LogP contribution < -0.4 is 15.4 Å². The van der Waals surface area contributed by atoms with E-state index in [4.69, 9.17) is 9.47 Å². The van der Waals surface area contributed by atoms with Crippen molar-refractivity contribution in [1.82, 2.24) is 10.6 Å². The molecule has 0 saturated carbocycles. The molecule has 0 aliphatic carbocycles. The molecule has 1 aromatic rings. The van der Waals surface area contributed by atoms with Gasteiger partial charge in [0.1, 0.15) is 5.75 Å². The Kier molecular flexibility index (Phi) is 8.99. The van der Waals surface area contributed by atoms with E-state index in [9.17, 15) is 4.79 Å². The number of piperidine rings is 1. The highest BCUT2D eigenvalue weighted by molar-refractivity contribution is 5.94. The zero-order chi connectivity index (χ0) is 15.8. The Labute approximate surface area is 144 Å². The zero-order valence-electron chi connectivity index (χ0n) is 13.8. The van der Waals surface area contributed by atoms with Crippen molar-refractivity contribution < 1.29 is 14.3 Å². The van der Waals surface area contributed by atoms with Gasteiger partial charge in [0.05, 0.1) is 6.61 Å². The fourth-order valence-electron chi connectivity index (χ4n) is 2.60. The van der Waals surface area contributed by atoms with Gasteiger partial charge in [-0.2, -0.15) is 0 Å². The van der Waals surface area contributed by atoms with Crippen molar-refractivity contribution in [3.63, 3.8) is 0 Å². The zero-order valence-corrected chi connectivity index (χ0v) is 14.7. The number of methoxy groups -OCH3 is 1. The molecule has 0 spiro atoms. The molecule has 1 fully saturated rings. The monoisotopic (exact) mass is 342 g/mol. The summed E-state index contributed by atoms with van der Waals surface area (Å²) in [5.41, 5.74) is 0.648. The quantitative estimate of drug-likeness (QED) is 0.746. The second kappa shape index (κ2) is 10.5. The van der Waals surface area contributed by atoms with Gasteiger partial charge in [-0.1, -0.05) is 13.0 Å². The maximum Gasteiger partial charge on any atom is 0.251 e. The predicted molar refractivity (Wildman–Crippen MR) is 93.6 cm³/mol. The molecule has 1 amide bonds. The van der Waals surface area contributed by atoms with Gasteiger partial charge in [0.2, 0.25) is 0 Å². The molecule has 6 heteroatoms. The van der Waals surface area contributed by atoms with Crippen LogP contribution in [0.1, 0.15) is 30.1 Å². The second-order valence-electron chi connectivity index (χ2n) is 5.77. The lowest BCUT2D eigenvalue weighted by molar-refractivity contribution is 0.0913. The van der Waals surface area contributed by atoms with Crippen molar-refractivity contribution in [1.29, 1.82) is 0 Å². The van der Waals surface area contributed by atoms with Gasteiger partial charge in [0.25, 0.3) is 5.91 Å². The van der Waals surface area contributed by atoms with E-state index in [1.54, 1.807) is 13.2 Å². The summed E-state index contributed by atoms with van der Waals surface area (Å²) >= 11 is 0. The number of benzene rings is 1. The fourth-order valence-corrected chi connectivity index (χ4v) is 2.60. The minimum absolute atomic E-state index is 0. The van der Waals surface area contributed by atoms with E-state index >= 15 is 0 Å². The highest BCUT2D eigenvalue weighted by Crippen LogP contribution is 2.15. The highest BCUT2D eigenvalue weighted by atomic mass is 35.5. The number of carbonyl (C=O) groups is 1. The number of ether oxygens (including phenoxy) is 2. The first-order valence-electron chi connectivity index (χ1n) is 7.94. The molecule has 2 N–H and O–H groups in total. The molecule has 0 radical (unpaired) electrons. The predicted octanol–water partition coefficient (Wildman–Crippen LogP) is 2.25. The first-order chi connectivity index (χ1) is 10.7. The summed E-state index contributed by atoms with van der Waals surface area (Å²) in [6, 6.07) is 7.58. The average molecular weight is 343 g/mol. The second-order valence-corrected chi connectivity index (χ2v) is 5.77. The largest absolute Gasteiger partial charge is 0.493 e. The summed E-state index contributed by atoms with van der Waals surface area (Å²) in [6.45, 7) is 5.33. The van der Waals surface area contributed by atoms with E-state index in [-0.39, 0.29) is 24.4 Å². The molecular weight excluding hydrogens is 316 g/mol. The number of rotatable bonds is 7. The number of hydrogen-bond donors (Lipinski definition) is 2. The van der Waals surface area contributed by atoms with Crippen LogP contribution >= 0.6 is 12.4 Å². The molecule has 0 aromatic heterocycles. The fraction of sp³-hybridized carbons (Fsp3) is 0.588. The van der Waals surface area contributed by atoms with Crippen LogP contribution in [0.5, 0.6) is 5.75 Å². The van der Waals surface area contributed by atoms with Gasteiger partial charge in [-0.15, -0.1) is 12.4 Å². The van der Waals surface area contributed by atoms with Crippen LogP contribution in [0.15, 0.2) is 24.3 Å². The van der Waals surface area contributed by atoms with Crippen LogP contribution in [0.3, 0.4) is 0 Å². The lowest BCUT2D eigenvalue weighted by Gasteiger charge is -2.30. The van der Waals surface area contributed by atoms with Crippen LogP contribution in [-0.2, 0) is 4.74 Å². The van der Waals surface area contributed by atoms with Gasteiger partial charge < -0.3 is 20.1 Å². The molecule has 130 valence electrons. The maximum atomic E-state index is 12.4. The molecule has 1 saturated heterocycles. The van der Waals surface area contributed by atoms with Crippen molar-refractivity contribution in [2.75, 3.05) is 33.4 Å². The minimum atomic E-state index is -0.0268. The Morgan fingerprint density at radius 3 is 2.96 bits per heavy atom. The molecule has 1 aliphatic heterocycles. The smallest absolute Gasteiger partial charge is 0.251 e. The van der Waals surface area contributed by atoms with Crippen molar-refractivity contribution >= 4 is 18.3 Å². The van der Waals surface area contributed by atoms with Crippen LogP contribution in [0.4, 0.5) is 0 Å². The third-order valence-electron chi connectivity index (χ3n) is 3.96. The summed E-state index contributed by atoms with van der Waals surface area (Å²) in [5.74, 6) is 1.15. The molecule has 2 unspecified atom stereocenters. The molecule has 1 heterocycles. The summed E-state index contributed by atoms with van der Waals surface area (Å²) in [4.78, 5) is 12.4. The first kappa shape index (κ1) is 19.7. The van der Waals surface area contributed by atoms with Gasteiger partial charge in [-0.25, -0.2) is 0 Å². The van der Waals surface area contributed by atoms with Crippen molar-refractivity contribution in [3.8, 4) is 5.75 Å². The van der Waals surface area contributed by atoms with E-state index in [1.165, 1.54) is 0 Å². The lowest BCUT2D eigenvalue weighted by Crippen LogP contribution is -2.48. The number of amides is 1. The lowest BCUT2D eigenvalue weighted by atomic mass is 9.95. The molecule has 23 heavy (non-hydrogen) atoms. The van der Waals surface area contributed by atoms with E-state index in [0.29, 0.717) is 24.7 Å². The molecule has 0 bridgehead atoms. The topological polar surface area (TPSA) is 59.6 Å². The first-order valence-corrected chi connectivity index (χ1v) is 7.94. The molecule has 1 aromatic carbocycles. The number of carbonyl (C=O) groups excluding carboxylic acids is 1. The third kappa shape index (κ3) is 6.37. The highest BCUT2D eigenvalue weighted by Gasteiger charge is 2.23. The van der Waals surface area contributed by atoms with Crippen LogP contribution in [0.25, 0.3) is 0 Å². The normalized spacial score (nSPS) is 20.4. The average Bonchev–Trinajstić information content (AvgIpc) is 2.54. The summed E-state index contributed by atoms with van der Waals surface area (Å²) < 4.78 is 10.6. The van der Waals surface area contributed by atoms with E-state index in [0.717, 1.165) is 31.7 Å². The SMILES string of the molecule is COCCCOc1cccc(C(=O)NC2CCNCC2C)c1.Cl. The Bertz CT molecular complexity index is 485. The van der Waals surface area contributed by atoms with Crippen molar-refractivity contribution in [2.45, 2.75) is 25.8 Å². The van der Waals surface area contributed by atoms with Crippen LogP contribution in [0.2, 0.25) is 0 Å². The Hall–Kier alpha value is -1.30. The van der Waals surface area contributed by atoms with Crippen LogP contribution in [0, 0.1) is 5.92 Å². The van der Waals surface area contributed by atoms with Gasteiger partial charge in [0, 0.05) is 31.7 Å². The maximum absolute atomic E-state index is 12.4. The summed E-state index contributed by atoms with van der Waals surface area (Å²) in [7, 11) is 1.67. The summed E-state index contributed by atoms with van der Waals surface area (Å²) in [6.07, 6.45) is 1.81. The standard InChI is InChI=1S/C17H26N2O3.ClH/c1-13-12-18-8-7-16(13)19-17(20)14-5-3-6-15(11-14)22-10-4-9-21-2;/h3,5-6,11,13,16,18H,4,7-10,12H2,1-2H3,(H,19,20);1H. The minimum Gasteiger partial charge on any atom is -0.493 e. The molecular formula is C17H27ClN2O3. The third-order valence-corrected chi connectivity index (χ3v) is 3.96. The van der Waals surface area contributed by atoms with Gasteiger partial charge in [0.15, 0.2) is 0 Å². The van der Waals surface area contributed by atoms with Gasteiger partial charge >= 0.3 is 0 Å². The van der Waals surface area contributed by atoms with Crippen molar-refractivity contribution in [3.05, 3.63) is 29.8 Å².